The molecule has 0 heterocycles. The van der Waals surface area contributed by atoms with Gasteiger partial charge in [-0.2, -0.15) is 0 Å². The van der Waals surface area contributed by atoms with Gasteiger partial charge >= 0.3 is 0 Å². The quantitative estimate of drug-likeness (QED) is 0.669. The Bertz CT molecular complexity index is 275. The molecule has 0 aliphatic carbocycles. The zero-order valence-corrected chi connectivity index (χ0v) is 10.8. The van der Waals surface area contributed by atoms with Crippen LogP contribution in [0.2, 0.25) is 0 Å². The van der Waals surface area contributed by atoms with Crippen molar-refractivity contribution in [2.24, 2.45) is 0 Å². The largest absolute Gasteiger partial charge is 0.492 e. The van der Waals surface area contributed by atoms with E-state index in [1.54, 1.807) is 0 Å². The van der Waals surface area contributed by atoms with Gasteiger partial charge in [0.25, 0.3) is 0 Å². The van der Waals surface area contributed by atoms with Crippen molar-refractivity contribution in [3.63, 3.8) is 0 Å². The lowest BCUT2D eigenvalue weighted by molar-refractivity contribution is 0.0770. The summed E-state index contributed by atoms with van der Waals surface area (Å²) >= 11 is 0. The fourth-order valence-electron chi connectivity index (χ4n) is 1.40. The van der Waals surface area contributed by atoms with Crippen LogP contribution in [0.4, 0.5) is 0 Å². The summed E-state index contributed by atoms with van der Waals surface area (Å²) in [5, 5.41) is 3.32. The first-order valence-corrected chi connectivity index (χ1v) is 6.29. The normalized spacial score (nSPS) is 10.8. The summed E-state index contributed by atoms with van der Waals surface area (Å²) in [6.07, 6.45) is 1.38. The highest BCUT2D eigenvalue weighted by molar-refractivity contribution is 5.20. The number of ether oxygens (including phenoxy) is 2. The lowest BCUT2D eigenvalue weighted by atomic mass is 10.3. The zero-order valence-electron chi connectivity index (χ0n) is 10.8. The van der Waals surface area contributed by atoms with E-state index in [0.29, 0.717) is 12.7 Å². The number of benzene rings is 1. The van der Waals surface area contributed by atoms with Crippen molar-refractivity contribution in [2.75, 3.05) is 26.3 Å². The number of hydrogen-bond acceptors (Lipinski definition) is 3. The fourth-order valence-corrected chi connectivity index (χ4v) is 1.40. The van der Waals surface area contributed by atoms with Gasteiger partial charge in [-0.3, -0.25) is 0 Å². The molecule has 0 aliphatic heterocycles. The third kappa shape index (κ3) is 7.77. The van der Waals surface area contributed by atoms with Gasteiger partial charge in [0.2, 0.25) is 0 Å². The van der Waals surface area contributed by atoms with Crippen LogP contribution in [0.25, 0.3) is 0 Å². The molecule has 0 saturated carbocycles. The fraction of sp³-hybridized carbons (Fsp3) is 0.571. The van der Waals surface area contributed by atoms with E-state index >= 15 is 0 Å². The minimum absolute atomic E-state index is 0.330. The first-order valence-electron chi connectivity index (χ1n) is 6.29. The van der Waals surface area contributed by atoms with Gasteiger partial charge in [-0.15, -0.1) is 0 Å². The van der Waals surface area contributed by atoms with E-state index in [9.17, 15) is 0 Å². The maximum absolute atomic E-state index is 5.56. The first kappa shape index (κ1) is 14.0. The van der Waals surface area contributed by atoms with Crippen LogP contribution in [0.1, 0.15) is 20.3 Å². The lowest BCUT2D eigenvalue weighted by Crippen LogP contribution is -2.23. The summed E-state index contributed by atoms with van der Waals surface area (Å²) in [6.45, 7) is 7.49. The maximum Gasteiger partial charge on any atom is 0.119 e. The van der Waals surface area contributed by atoms with E-state index in [4.69, 9.17) is 9.47 Å². The molecule has 0 atom stereocenters. The Hall–Kier alpha value is -1.06. The van der Waals surface area contributed by atoms with Gasteiger partial charge in [0.05, 0.1) is 6.10 Å². The number of hydrogen-bond donors (Lipinski definition) is 1. The van der Waals surface area contributed by atoms with Crippen LogP contribution in [0.5, 0.6) is 5.75 Å². The molecule has 0 radical (unpaired) electrons. The molecule has 3 nitrogen and oxygen atoms in total. The van der Waals surface area contributed by atoms with Gasteiger partial charge in [-0.25, -0.2) is 0 Å². The highest BCUT2D eigenvalue weighted by atomic mass is 16.5. The number of para-hydroxylation sites is 1. The van der Waals surface area contributed by atoms with E-state index in [2.05, 4.69) is 19.2 Å². The van der Waals surface area contributed by atoms with Crippen LogP contribution in [-0.2, 0) is 4.74 Å². The van der Waals surface area contributed by atoms with Crippen molar-refractivity contribution in [1.29, 1.82) is 0 Å². The van der Waals surface area contributed by atoms with E-state index in [1.807, 2.05) is 30.3 Å². The Morgan fingerprint density at radius 3 is 2.53 bits per heavy atom. The SMILES string of the molecule is CC(C)OCCCNCCOc1ccccc1. The molecule has 0 aromatic heterocycles. The molecule has 17 heavy (non-hydrogen) atoms. The predicted molar refractivity (Wildman–Crippen MR) is 70.5 cm³/mol. The number of rotatable bonds is 9. The third-order valence-corrected chi connectivity index (χ3v) is 2.24. The van der Waals surface area contributed by atoms with Crippen molar-refractivity contribution in [2.45, 2.75) is 26.4 Å². The summed E-state index contributed by atoms with van der Waals surface area (Å²) in [4.78, 5) is 0. The van der Waals surface area contributed by atoms with Crippen LogP contribution < -0.4 is 10.1 Å². The highest BCUT2D eigenvalue weighted by Crippen LogP contribution is 2.07. The predicted octanol–water partition coefficient (Wildman–Crippen LogP) is 2.47. The average molecular weight is 237 g/mol. The summed E-state index contributed by atoms with van der Waals surface area (Å²) in [5.74, 6) is 0.928. The van der Waals surface area contributed by atoms with Gasteiger partial charge in [-0.05, 0) is 38.9 Å². The molecule has 0 amide bonds. The summed E-state index contributed by atoms with van der Waals surface area (Å²) in [5.41, 5.74) is 0. The van der Waals surface area contributed by atoms with Gasteiger partial charge < -0.3 is 14.8 Å². The first-order chi connectivity index (χ1) is 8.29. The zero-order chi connectivity index (χ0) is 12.3. The van der Waals surface area contributed by atoms with Crippen LogP contribution in [0.15, 0.2) is 30.3 Å². The second kappa shape index (κ2) is 9.02. The molecule has 96 valence electrons. The summed E-state index contributed by atoms with van der Waals surface area (Å²) in [6, 6.07) is 9.88. The van der Waals surface area contributed by atoms with Crippen molar-refractivity contribution >= 4 is 0 Å². The lowest BCUT2D eigenvalue weighted by Gasteiger charge is -2.09. The molecule has 1 aromatic rings. The average Bonchev–Trinajstić information content (AvgIpc) is 2.33. The molecule has 0 saturated heterocycles. The molecule has 0 bridgehead atoms. The minimum Gasteiger partial charge on any atom is -0.492 e. The standard InChI is InChI=1S/C14H23NO2/c1-13(2)16-11-6-9-15-10-12-17-14-7-4-3-5-8-14/h3-5,7-8,13,15H,6,9-12H2,1-2H3. The Kier molecular flexibility index (Phi) is 7.43. The molecule has 0 spiro atoms. The monoisotopic (exact) mass is 237 g/mol. The number of nitrogens with one attached hydrogen (secondary N) is 1. The summed E-state index contributed by atoms with van der Waals surface area (Å²) in [7, 11) is 0. The second-order valence-corrected chi connectivity index (χ2v) is 4.18. The molecular formula is C14H23NO2. The van der Waals surface area contributed by atoms with E-state index < -0.39 is 0 Å². The van der Waals surface area contributed by atoms with Crippen LogP contribution in [-0.4, -0.2) is 32.4 Å². The minimum atomic E-state index is 0.330. The topological polar surface area (TPSA) is 30.5 Å². The molecular weight excluding hydrogens is 214 g/mol. The van der Waals surface area contributed by atoms with Gasteiger partial charge in [0.1, 0.15) is 12.4 Å². The summed E-state index contributed by atoms with van der Waals surface area (Å²) < 4.78 is 11.0. The Labute approximate surface area is 104 Å². The van der Waals surface area contributed by atoms with Gasteiger partial charge in [0, 0.05) is 13.2 Å². The Morgan fingerprint density at radius 1 is 1.06 bits per heavy atom. The smallest absolute Gasteiger partial charge is 0.119 e. The molecule has 1 N–H and O–H groups in total. The van der Waals surface area contributed by atoms with E-state index in [-0.39, 0.29) is 0 Å². The van der Waals surface area contributed by atoms with Crippen molar-refractivity contribution in [3.8, 4) is 5.75 Å². The highest BCUT2D eigenvalue weighted by Gasteiger charge is 1.94. The van der Waals surface area contributed by atoms with Crippen molar-refractivity contribution < 1.29 is 9.47 Å². The second-order valence-electron chi connectivity index (χ2n) is 4.18. The van der Waals surface area contributed by atoms with Crippen LogP contribution >= 0.6 is 0 Å². The van der Waals surface area contributed by atoms with Crippen LogP contribution in [0.3, 0.4) is 0 Å². The van der Waals surface area contributed by atoms with E-state index in [0.717, 1.165) is 31.9 Å². The Morgan fingerprint density at radius 2 is 1.82 bits per heavy atom. The maximum atomic E-state index is 5.56. The van der Waals surface area contributed by atoms with Crippen molar-refractivity contribution in [3.05, 3.63) is 30.3 Å². The van der Waals surface area contributed by atoms with E-state index in [1.165, 1.54) is 0 Å². The molecule has 3 heteroatoms. The Balaban J connectivity index is 1.88. The molecule has 1 aromatic carbocycles. The van der Waals surface area contributed by atoms with Gasteiger partial charge in [0.15, 0.2) is 0 Å². The molecule has 0 unspecified atom stereocenters. The van der Waals surface area contributed by atoms with Crippen molar-refractivity contribution in [1.82, 2.24) is 5.32 Å². The molecule has 0 fully saturated rings. The van der Waals surface area contributed by atoms with Gasteiger partial charge in [-0.1, -0.05) is 18.2 Å². The third-order valence-electron chi connectivity index (χ3n) is 2.24. The van der Waals surface area contributed by atoms with Crippen LogP contribution in [0, 0.1) is 0 Å². The molecule has 0 aliphatic rings. The molecule has 1 rings (SSSR count).